The lowest BCUT2D eigenvalue weighted by atomic mass is 10.1. The zero-order chi connectivity index (χ0) is 12.8. The molecule has 1 saturated heterocycles. The molecule has 1 aliphatic heterocycles. The van der Waals surface area contributed by atoms with Crippen molar-refractivity contribution in [3.05, 3.63) is 29.8 Å². The molecule has 4 heteroatoms. The van der Waals surface area contributed by atoms with Crippen molar-refractivity contribution in [2.45, 2.75) is 19.4 Å². The Morgan fingerprint density at radius 2 is 2.06 bits per heavy atom. The Hall–Kier alpha value is -1.39. The topological polar surface area (TPSA) is 44.8 Å². The lowest BCUT2D eigenvalue weighted by molar-refractivity contribution is -0.122. The molecule has 0 radical (unpaired) electrons. The van der Waals surface area contributed by atoms with Crippen LogP contribution in [-0.4, -0.2) is 32.2 Å². The molecular formula is C14H18O4. The van der Waals surface area contributed by atoms with Gasteiger partial charge in [0.05, 0.1) is 13.2 Å². The third-order valence-electron chi connectivity index (χ3n) is 2.81. The fraction of sp³-hybridized carbons (Fsp3) is 0.500. The van der Waals surface area contributed by atoms with E-state index in [1.807, 2.05) is 31.2 Å². The maximum atomic E-state index is 11.5. The monoisotopic (exact) mass is 250 g/mol. The van der Waals surface area contributed by atoms with Gasteiger partial charge in [-0.1, -0.05) is 12.1 Å². The van der Waals surface area contributed by atoms with Crippen molar-refractivity contribution < 1.29 is 19.0 Å². The van der Waals surface area contributed by atoms with Gasteiger partial charge >= 0.3 is 0 Å². The van der Waals surface area contributed by atoms with E-state index in [-0.39, 0.29) is 11.9 Å². The minimum atomic E-state index is -0.387. The zero-order valence-electron chi connectivity index (χ0n) is 10.6. The Labute approximate surface area is 107 Å². The molecule has 1 atom stereocenters. The van der Waals surface area contributed by atoms with Crippen molar-refractivity contribution in [3.63, 3.8) is 0 Å². The molecule has 0 bridgehead atoms. The highest BCUT2D eigenvalue weighted by atomic mass is 16.5. The van der Waals surface area contributed by atoms with Crippen LogP contribution in [0.3, 0.4) is 0 Å². The van der Waals surface area contributed by atoms with E-state index in [1.165, 1.54) is 0 Å². The van der Waals surface area contributed by atoms with Crippen LogP contribution in [0.15, 0.2) is 24.3 Å². The van der Waals surface area contributed by atoms with Crippen LogP contribution < -0.4 is 4.74 Å². The predicted octanol–water partition coefficient (Wildman–Crippen LogP) is 2.13. The fourth-order valence-electron chi connectivity index (χ4n) is 1.89. The van der Waals surface area contributed by atoms with Crippen LogP contribution in [-0.2, 0) is 14.3 Å². The van der Waals surface area contributed by atoms with Crippen molar-refractivity contribution in [2.75, 3.05) is 26.4 Å². The first-order valence-corrected chi connectivity index (χ1v) is 6.26. The molecule has 1 aromatic rings. The van der Waals surface area contributed by atoms with E-state index in [0.29, 0.717) is 32.8 Å². The molecule has 4 nitrogen and oxygen atoms in total. The summed E-state index contributed by atoms with van der Waals surface area (Å²) in [6, 6.07) is 7.47. The SMILES string of the molecule is CCOCCOc1ccc(C2OCCC2=O)cc1. The summed E-state index contributed by atoms with van der Waals surface area (Å²) in [5.41, 5.74) is 0.898. The third kappa shape index (κ3) is 3.31. The lowest BCUT2D eigenvalue weighted by Gasteiger charge is -2.10. The molecule has 0 N–H and O–H groups in total. The first-order valence-electron chi connectivity index (χ1n) is 6.26. The van der Waals surface area contributed by atoms with E-state index in [9.17, 15) is 4.79 Å². The van der Waals surface area contributed by atoms with Gasteiger partial charge < -0.3 is 14.2 Å². The Balaban J connectivity index is 1.87. The van der Waals surface area contributed by atoms with Gasteiger partial charge in [-0.25, -0.2) is 0 Å². The standard InChI is InChI=1S/C14H18O4/c1-2-16-9-10-17-12-5-3-11(4-6-12)14-13(15)7-8-18-14/h3-6,14H,2,7-10H2,1H3. The number of ether oxygens (including phenoxy) is 3. The fourth-order valence-corrected chi connectivity index (χ4v) is 1.89. The van der Waals surface area contributed by atoms with Crippen LogP contribution in [0.25, 0.3) is 0 Å². The number of Topliss-reactive ketones (excluding diaryl/α,β-unsaturated/α-hetero) is 1. The number of rotatable bonds is 6. The van der Waals surface area contributed by atoms with Gasteiger partial charge in [0.2, 0.25) is 0 Å². The average molecular weight is 250 g/mol. The number of ketones is 1. The smallest absolute Gasteiger partial charge is 0.168 e. The van der Waals surface area contributed by atoms with Gasteiger partial charge in [0.25, 0.3) is 0 Å². The molecule has 18 heavy (non-hydrogen) atoms. The highest BCUT2D eigenvalue weighted by Crippen LogP contribution is 2.26. The highest BCUT2D eigenvalue weighted by molar-refractivity contribution is 5.85. The average Bonchev–Trinajstić information content (AvgIpc) is 2.82. The van der Waals surface area contributed by atoms with Crippen molar-refractivity contribution in [2.24, 2.45) is 0 Å². The van der Waals surface area contributed by atoms with Crippen molar-refractivity contribution in [1.29, 1.82) is 0 Å². The van der Waals surface area contributed by atoms with Gasteiger partial charge in [-0.05, 0) is 24.6 Å². The molecule has 2 rings (SSSR count). The molecule has 1 unspecified atom stereocenters. The summed E-state index contributed by atoms with van der Waals surface area (Å²) in [6.07, 6.45) is 0.125. The minimum Gasteiger partial charge on any atom is -0.491 e. The first kappa shape index (κ1) is 13.1. The van der Waals surface area contributed by atoms with E-state index in [2.05, 4.69) is 0 Å². The molecule has 0 aliphatic carbocycles. The molecule has 1 aromatic carbocycles. The van der Waals surface area contributed by atoms with Crippen molar-refractivity contribution >= 4 is 5.78 Å². The summed E-state index contributed by atoms with van der Waals surface area (Å²) in [7, 11) is 0. The molecule has 0 saturated carbocycles. The van der Waals surface area contributed by atoms with Gasteiger partial charge in [0.15, 0.2) is 5.78 Å². The van der Waals surface area contributed by atoms with Crippen LogP contribution in [0.2, 0.25) is 0 Å². The summed E-state index contributed by atoms with van der Waals surface area (Å²) in [5.74, 6) is 0.934. The maximum absolute atomic E-state index is 11.5. The van der Waals surface area contributed by atoms with E-state index in [1.54, 1.807) is 0 Å². The first-order chi connectivity index (χ1) is 8.81. The van der Waals surface area contributed by atoms with E-state index in [0.717, 1.165) is 11.3 Å². The Morgan fingerprint density at radius 3 is 2.67 bits per heavy atom. The third-order valence-corrected chi connectivity index (χ3v) is 2.81. The van der Waals surface area contributed by atoms with Crippen LogP contribution in [0.4, 0.5) is 0 Å². The molecular weight excluding hydrogens is 232 g/mol. The number of hydrogen-bond donors (Lipinski definition) is 0. The van der Waals surface area contributed by atoms with Crippen LogP contribution in [0, 0.1) is 0 Å². The van der Waals surface area contributed by atoms with Crippen molar-refractivity contribution in [1.82, 2.24) is 0 Å². The van der Waals surface area contributed by atoms with Crippen molar-refractivity contribution in [3.8, 4) is 5.75 Å². The second kappa shape index (κ2) is 6.52. The zero-order valence-corrected chi connectivity index (χ0v) is 10.6. The van der Waals surface area contributed by atoms with Gasteiger partial charge in [-0.2, -0.15) is 0 Å². The lowest BCUT2D eigenvalue weighted by Crippen LogP contribution is -2.07. The molecule has 0 amide bonds. The maximum Gasteiger partial charge on any atom is 0.168 e. The van der Waals surface area contributed by atoms with E-state index in [4.69, 9.17) is 14.2 Å². The van der Waals surface area contributed by atoms with Gasteiger partial charge in [0, 0.05) is 13.0 Å². The molecule has 0 aromatic heterocycles. The summed E-state index contributed by atoms with van der Waals surface area (Å²) in [5, 5.41) is 0. The number of hydrogen-bond acceptors (Lipinski definition) is 4. The molecule has 1 aliphatic rings. The normalized spacial score (nSPS) is 19.2. The highest BCUT2D eigenvalue weighted by Gasteiger charge is 2.26. The quantitative estimate of drug-likeness (QED) is 0.725. The Kier molecular flexibility index (Phi) is 4.73. The number of benzene rings is 1. The van der Waals surface area contributed by atoms with Gasteiger partial charge in [-0.15, -0.1) is 0 Å². The summed E-state index contributed by atoms with van der Waals surface area (Å²) < 4.78 is 16.1. The summed E-state index contributed by atoms with van der Waals surface area (Å²) in [6.45, 7) is 4.29. The van der Waals surface area contributed by atoms with E-state index >= 15 is 0 Å². The van der Waals surface area contributed by atoms with E-state index < -0.39 is 0 Å². The van der Waals surface area contributed by atoms with Gasteiger partial charge in [0.1, 0.15) is 18.5 Å². The molecule has 98 valence electrons. The van der Waals surface area contributed by atoms with Crippen LogP contribution in [0.5, 0.6) is 5.75 Å². The summed E-state index contributed by atoms with van der Waals surface area (Å²) in [4.78, 5) is 11.5. The summed E-state index contributed by atoms with van der Waals surface area (Å²) >= 11 is 0. The van der Waals surface area contributed by atoms with Crippen LogP contribution in [0.1, 0.15) is 25.0 Å². The largest absolute Gasteiger partial charge is 0.491 e. The predicted molar refractivity (Wildman–Crippen MR) is 66.7 cm³/mol. The minimum absolute atomic E-state index is 0.153. The Bertz CT molecular complexity index is 385. The van der Waals surface area contributed by atoms with Gasteiger partial charge in [-0.3, -0.25) is 4.79 Å². The Morgan fingerprint density at radius 1 is 1.28 bits per heavy atom. The molecule has 1 heterocycles. The molecule has 0 spiro atoms. The van der Waals surface area contributed by atoms with Crippen LogP contribution >= 0.6 is 0 Å². The molecule has 1 fully saturated rings. The second-order valence-electron chi connectivity index (χ2n) is 4.08. The second-order valence-corrected chi connectivity index (χ2v) is 4.08. The number of carbonyl (C=O) groups excluding carboxylic acids is 1. The number of carbonyl (C=O) groups is 1.